The number of hydrogen-bond acceptors (Lipinski definition) is 6. The van der Waals surface area contributed by atoms with Gasteiger partial charge in [-0.05, 0) is 30.2 Å². The van der Waals surface area contributed by atoms with Crippen molar-refractivity contribution in [3.8, 4) is 0 Å². The first-order valence-electron chi connectivity index (χ1n) is 11.3. The summed E-state index contributed by atoms with van der Waals surface area (Å²) in [5, 5.41) is 15.8. The van der Waals surface area contributed by atoms with Gasteiger partial charge >= 0.3 is 5.97 Å². The number of methoxy groups -OCH3 is 1. The molecular formula is C24H39N3O5. The number of carbonyl (C=O) groups excluding carboxylic acids is 3. The zero-order valence-electron chi connectivity index (χ0n) is 19.8. The average molecular weight is 450 g/mol. The van der Waals surface area contributed by atoms with Gasteiger partial charge in [0, 0.05) is 12.5 Å². The van der Waals surface area contributed by atoms with Crippen molar-refractivity contribution >= 4 is 17.8 Å². The third-order valence-corrected chi connectivity index (χ3v) is 5.71. The molecule has 0 spiro atoms. The van der Waals surface area contributed by atoms with Crippen molar-refractivity contribution in [1.82, 2.24) is 10.6 Å². The zero-order chi connectivity index (χ0) is 24.3. The number of nitrogens with one attached hydrogen (secondary N) is 2. The summed E-state index contributed by atoms with van der Waals surface area (Å²) in [6.07, 6.45) is 0.542. The maximum atomic E-state index is 12.9. The highest BCUT2D eigenvalue weighted by Gasteiger charge is 2.31. The summed E-state index contributed by atoms with van der Waals surface area (Å²) in [7, 11) is 1.27. The molecule has 8 nitrogen and oxygen atoms in total. The van der Waals surface area contributed by atoms with Crippen LogP contribution in [0.15, 0.2) is 30.3 Å². The molecule has 2 amide bonds. The first-order chi connectivity index (χ1) is 15.1. The molecule has 1 aromatic rings. The van der Waals surface area contributed by atoms with Gasteiger partial charge in [0.25, 0.3) is 0 Å². The molecule has 1 aromatic carbocycles. The first-order valence-corrected chi connectivity index (χ1v) is 11.3. The topological polar surface area (TPSA) is 131 Å². The standard InChI is InChI=1S/C24H39N3O5/c1-6-16(4)22(23(30)27-21(15(2)3)24(31)32-5)26-20(29)13-12-19(28)18(25)14-17-10-8-7-9-11-17/h7-11,15-16,18-19,21-22,28H,6,12-14,25H2,1-5H3,(H,26,29)(H,27,30)/t16-,18-,19-,21-,22-/m0/s1. The predicted octanol–water partition coefficient (Wildman–Crippen LogP) is 1.54. The van der Waals surface area contributed by atoms with E-state index in [0.717, 1.165) is 5.56 Å². The highest BCUT2D eigenvalue weighted by molar-refractivity contribution is 5.91. The number of aliphatic hydroxyl groups excluding tert-OH is 1. The second-order valence-electron chi connectivity index (χ2n) is 8.64. The van der Waals surface area contributed by atoms with E-state index in [1.54, 1.807) is 13.8 Å². The quantitative estimate of drug-likeness (QED) is 0.338. The lowest BCUT2D eigenvalue weighted by atomic mass is 9.96. The smallest absolute Gasteiger partial charge is 0.328 e. The van der Waals surface area contributed by atoms with Gasteiger partial charge in [-0.1, -0.05) is 64.4 Å². The largest absolute Gasteiger partial charge is 0.467 e. The number of ether oxygens (including phenoxy) is 1. The van der Waals surface area contributed by atoms with E-state index >= 15 is 0 Å². The van der Waals surface area contributed by atoms with Gasteiger partial charge in [0.1, 0.15) is 12.1 Å². The Morgan fingerprint density at radius 3 is 2.22 bits per heavy atom. The molecule has 0 bridgehead atoms. The van der Waals surface area contributed by atoms with Crippen molar-refractivity contribution < 1.29 is 24.2 Å². The van der Waals surface area contributed by atoms with Crippen LogP contribution in [0.4, 0.5) is 0 Å². The Morgan fingerprint density at radius 1 is 1.06 bits per heavy atom. The van der Waals surface area contributed by atoms with Crippen LogP contribution in [-0.4, -0.2) is 54.2 Å². The highest BCUT2D eigenvalue weighted by Crippen LogP contribution is 2.12. The SMILES string of the molecule is CC[C@H](C)[C@H](NC(=O)CC[C@H](O)[C@@H](N)Cc1ccccc1)C(=O)N[C@H](C(=O)OC)C(C)C. The molecule has 0 saturated heterocycles. The monoisotopic (exact) mass is 449 g/mol. The molecule has 0 saturated carbocycles. The van der Waals surface area contributed by atoms with Crippen LogP contribution in [0.25, 0.3) is 0 Å². The minimum atomic E-state index is -0.846. The van der Waals surface area contributed by atoms with Gasteiger partial charge in [-0.15, -0.1) is 0 Å². The van der Waals surface area contributed by atoms with E-state index in [-0.39, 0.29) is 30.6 Å². The molecule has 0 aliphatic heterocycles. The van der Waals surface area contributed by atoms with Crippen molar-refractivity contribution in [2.75, 3.05) is 7.11 Å². The molecule has 180 valence electrons. The van der Waals surface area contributed by atoms with Gasteiger partial charge in [-0.25, -0.2) is 4.79 Å². The number of esters is 1. The predicted molar refractivity (Wildman–Crippen MR) is 124 cm³/mol. The van der Waals surface area contributed by atoms with Gasteiger partial charge in [0.15, 0.2) is 0 Å². The number of nitrogens with two attached hydrogens (primary N) is 1. The van der Waals surface area contributed by atoms with Crippen molar-refractivity contribution in [3.63, 3.8) is 0 Å². The van der Waals surface area contributed by atoms with Crippen molar-refractivity contribution in [1.29, 1.82) is 0 Å². The molecule has 1 rings (SSSR count). The van der Waals surface area contributed by atoms with E-state index in [0.29, 0.717) is 12.8 Å². The average Bonchev–Trinajstić information content (AvgIpc) is 2.78. The van der Waals surface area contributed by atoms with Crippen LogP contribution in [0, 0.1) is 11.8 Å². The molecule has 0 heterocycles. The lowest BCUT2D eigenvalue weighted by molar-refractivity contribution is -0.146. The van der Waals surface area contributed by atoms with E-state index in [9.17, 15) is 19.5 Å². The van der Waals surface area contributed by atoms with E-state index in [1.807, 2.05) is 44.2 Å². The van der Waals surface area contributed by atoms with Gasteiger partial charge in [-0.2, -0.15) is 0 Å². The van der Waals surface area contributed by atoms with Crippen LogP contribution in [0.1, 0.15) is 52.5 Å². The lowest BCUT2D eigenvalue weighted by Gasteiger charge is -2.27. The Labute approximate surface area is 191 Å². The number of amides is 2. The molecule has 32 heavy (non-hydrogen) atoms. The molecule has 0 unspecified atom stereocenters. The zero-order valence-corrected chi connectivity index (χ0v) is 19.8. The fourth-order valence-corrected chi connectivity index (χ4v) is 3.33. The van der Waals surface area contributed by atoms with Gasteiger partial charge in [0.2, 0.25) is 11.8 Å². The molecule has 5 N–H and O–H groups in total. The molecule has 8 heteroatoms. The Hall–Kier alpha value is -2.45. The summed E-state index contributed by atoms with van der Waals surface area (Å²) in [5.74, 6) is -1.62. The molecule has 0 fully saturated rings. The number of aliphatic hydroxyl groups is 1. The molecule has 5 atom stereocenters. The van der Waals surface area contributed by atoms with E-state index in [2.05, 4.69) is 10.6 Å². The minimum Gasteiger partial charge on any atom is -0.467 e. The highest BCUT2D eigenvalue weighted by atomic mass is 16.5. The van der Waals surface area contributed by atoms with Gasteiger partial charge in [-0.3, -0.25) is 9.59 Å². The molecule has 0 aliphatic carbocycles. The fraction of sp³-hybridized carbons (Fsp3) is 0.625. The van der Waals surface area contributed by atoms with Crippen molar-refractivity contribution in [2.24, 2.45) is 17.6 Å². The van der Waals surface area contributed by atoms with Crippen molar-refractivity contribution in [3.05, 3.63) is 35.9 Å². The van der Waals surface area contributed by atoms with E-state index < -0.39 is 36.1 Å². The van der Waals surface area contributed by atoms with Crippen LogP contribution in [0.3, 0.4) is 0 Å². The number of rotatable bonds is 13. The van der Waals surface area contributed by atoms with Crippen LogP contribution < -0.4 is 16.4 Å². The summed E-state index contributed by atoms with van der Waals surface area (Å²) < 4.78 is 4.77. The first kappa shape index (κ1) is 27.6. The van der Waals surface area contributed by atoms with Crippen LogP contribution >= 0.6 is 0 Å². The normalized spacial score (nSPS) is 15.9. The molecule has 0 aliphatic rings. The van der Waals surface area contributed by atoms with Crippen LogP contribution in [0.2, 0.25) is 0 Å². The molecule has 0 aromatic heterocycles. The van der Waals surface area contributed by atoms with Crippen LogP contribution in [0.5, 0.6) is 0 Å². The van der Waals surface area contributed by atoms with E-state index in [4.69, 9.17) is 10.5 Å². The summed E-state index contributed by atoms with van der Waals surface area (Å²) in [5.41, 5.74) is 7.11. The fourth-order valence-electron chi connectivity index (χ4n) is 3.33. The summed E-state index contributed by atoms with van der Waals surface area (Å²) in [6.45, 7) is 7.39. The second-order valence-corrected chi connectivity index (χ2v) is 8.64. The Kier molecular flexibility index (Phi) is 11.9. The van der Waals surface area contributed by atoms with Gasteiger partial charge in [0.05, 0.1) is 13.2 Å². The number of carbonyl (C=O) groups is 3. The summed E-state index contributed by atoms with van der Waals surface area (Å²) >= 11 is 0. The third-order valence-electron chi connectivity index (χ3n) is 5.71. The molecular weight excluding hydrogens is 410 g/mol. The Balaban J connectivity index is 2.67. The second kappa shape index (κ2) is 13.9. The third kappa shape index (κ3) is 8.96. The Bertz CT molecular complexity index is 726. The lowest BCUT2D eigenvalue weighted by Crippen LogP contribution is -2.55. The molecule has 0 radical (unpaired) electrons. The maximum absolute atomic E-state index is 12.9. The number of benzene rings is 1. The Morgan fingerprint density at radius 2 is 1.69 bits per heavy atom. The number of hydrogen-bond donors (Lipinski definition) is 4. The van der Waals surface area contributed by atoms with Crippen molar-refractivity contribution in [2.45, 2.75) is 77.6 Å². The van der Waals surface area contributed by atoms with Gasteiger partial charge < -0.3 is 26.2 Å². The van der Waals surface area contributed by atoms with Crippen LogP contribution in [-0.2, 0) is 25.5 Å². The van der Waals surface area contributed by atoms with E-state index in [1.165, 1.54) is 7.11 Å². The minimum absolute atomic E-state index is 0.0362. The summed E-state index contributed by atoms with van der Waals surface area (Å²) in [6, 6.07) is 7.51. The maximum Gasteiger partial charge on any atom is 0.328 e. The summed E-state index contributed by atoms with van der Waals surface area (Å²) in [4.78, 5) is 37.4.